The molecule has 5 rings (SSSR count). The highest BCUT2D eigenvalue weighted by molar-refractivity contribution is 5.82. The van der Waals surface area contributed by atoms with E-state index in [1.165, 1.54) is 5.56 Å². The lowest BCUT2D eigenvalue weighted by atomic mass is 10.2. The van der Waals surface area contributed by atoms with Crippen molar-refractivity contribution in [2.75, 3.05) is 0 Å². The van der Waals surface area contributed by atoms with Gasteiger partial charge in [0.2, 0.25) is 0 Å². The molecule has 4 nitrogen and oxygen atoms in total. The lowest BCUT2D eigenvalue weighted by Crippen LogP contribution is -1.88. The molecule has 2 N–H and O–H groups in total. The number of aryl methyl sites for hydroxylation is 3. The van der Waals surface area contributed by atoms with Crippen molar-refractivity contribution in [2.24, 2.45) is 0 Å². The van der Waals surface area contributed by atoms with Gasteiger partial charge in [-0.15, -0.1) is 0 Å². The van der Waals surface area contributed by atoms with Gasteiger partial charge >= 0.3 is 0 Å². The Balaban J connectivity index is 0.00000205. The Hall–Kier alpha value is -2.87. The molecule has 3 aromatic rings. The lowest BCUT2D eigenvalue weighted by Gasteiger charge is -1.97. The number of fused-ring (bicyclic) bond motifs is 8. The van der Waals surface area contributed by atoms with Crippen molar-refractivity contribution in [2.45, 2.75) is 27.7 Å². The number of H-pyrrole nitrogens is 2. The number of nitrogens with zero attached hydrogens (tertiary/aromatic N) is 2. The molecule has 2 aliphatic rings. The van der Waals surface area contributed by atoms with E-state index in [2.05, 4.69) is 86.2 Å². The SMILES string of the molecule is Cc1c2nc(c(C)c3ccc([nH]3)c(C)c3ccc([nH]3)c(C)c3nc1C=C3)C=C2.[Al]. The average Bonchev–Trinajstić information content (AvgIpc) is 3.49. The fourth-order valence-corrected chi connectivity index (χ4v) is 3.78. The first-order valence-corrected chi connectivity index (χ1v) is 9.54. The number of aromatic nitrogens is 4. The smallest absolute Gasteiger partial charge is 0.0688 e. The summed E-state index contributed by atoms with van der Waals surface area (Å²) in [7, 11) is 0. The topological polar surface area (TPSA) is 57.4 Å². The molecule has 0 atom stereocenters. The van der Waals surface area contributed by atoms with Crippen LogP contribution in [-0.4, -0.2) is 37.3 Å². The molecule has 8 bridgehead atoms. The molecule has 5 heterocycles. The molecule has 5 heteroatoms. The third kappa shape index (κ3) is 3.17. The van der Waals surface area contributed by atoms with Gasteiger partial charge in [-0.1, -0.05) is 0 Å². The molecule has 29 heavy (non-hydrogen) atoms. The molecular formula is C24H22AlN4. The summed E-state index contributed by atoms with van der Waals surface area (Å²) in [5.41, 5.74) is 12.9. The first-order chi connectivity index (χ1) is 13.5. The van der Waals surface area contributed by atoms with Gasteiger partial charge in [0, 0.05) is 45.0 Å². The number of nitrogens with one attached hydrogen (secondary N) is 2. The maximum absolute atomic E-state index is 4.86. The van der Waals surface area contributed by atoms with Crippen LogP contribution >= 0.6 is 0 Å². The van der Waals surface area contributed by atoms with Crippen molar-refractivity contribution in [3.8, 4) is 0 Å². The van der Waals surface area contributed by atoms with E-state index in [0.717, 1.165) is 61.5 Å². The third-order valence-corrected chi connectivity index (χ3v) is 5.80. The highest BCUT2D eigenvalue weighted by Crippen LogP contribution is 2.25. The molecule has 0 saturated heterocycles. The van der Waals surface area contributed by atoms with E-state index in [1.54, 1.807) is 0 Å². The average molecular weight is 393 g/mol. The minimum atomic E-state index is 0. The predicted molar refractivity (Wildman–Crippen MR) is 124 cm³/mol. The van der Waals surface area contributed by atoms with E-state index in [4.69, 9.17) is 9.97 Å². The summed E-state index contributed by atoms with van der Waals surface area (Å²) in [6.45, 7) is 8.44. The first kappa shape index (κ1) is 19.4. The summed E-state index contributed by atoms with van der Waals surface area (Å²) in [5, 5.41) is 0. The Morgan fingerprint density at radius 1 is 0.483 bits per heavy atom. The second-order valence-corrected chi connectivity index (χ2v) is 7.50. The molecule has 3 aromatic heterocycles. The van der Waals surface area contributed by atoms with Crippen LogP contribution in [0.1, 0.15) is 45.0 Å². The van der Waals surface area contributed by atoms with Crippen LogP contribution in [0.5, 0.6) is 0 Å². The van der Waals surface area contributed by atoms with Crippen molar-refractivity contribution >= 4 is 63.7 Å². The monoisotopic (exact) mass is 393 g/mol. The highest BCUT2D eigenvalue weighted by atomic mass is 27.0. The van der Waals surface area contributed by atoms with Crippen molar-refractivity contribution in [3.63, 3.8) is 0 Å². The van der Waals surface area contributed by atoms with Gasteiger partial charge < -0.3 is 9.97 Å². The number of hydrogen-bond donors (Lipinski definition) is 2. The fraction of sp³-hybridized carbons (Fsp3) is 0.167. The van der Waals surface area contributed by atoms with Crippen LogP contribution in [-0.2, 0) is 0 Å². The zero-order valence-corrected chi connectivity index (χ0v) is 18.2. The zero-order valence-electron chi connectivity index (χ0n) is 17.1. The number of hydrogen-bond acceptors (Lipinski definition) is 2. The van der Waals surface area contributed by atoms with Crippen molar-refractivity contribution in [1.82, 2.24) is 19.9 Å². The summed E-state index contributed by atoms with van der Waals surface area (Å²) in [4.78, 5) is 16.8. The molecule has 0 spiro atoms. The van der Waals surface area contributed by atoms with Gasteiger partial charge in [0.1, 0.15) is 0 Å². The molecule has 0 fully saturated rings. The van der Waals surface area contributed by atoms with E-state index < -0.39 is 0 Å². The number of rotatable bonds is 0. The summed E-state index contributed by atoms with van der Waals surface area (Å²) >= 11 is 0. The van der Waals surface area contributed by atoms with Crippen LogP contribution < -0.4 is 0 Å². The van der Waals surface area contributed by atoms with Gasteiger partial charge in [0.05, 0.1) is 22.8 Å². The lowest BCUT2D eigenvalue weighted by molar-refractivity contribution is 1.19. The van der Waals surface area contributed by atoms with Crippen molar-refractivity contribution < 1.29 is 0 Å². The van der Waals surface area contributed by atoms with E-state index in [0.29, 0.717) is 0 Å². The Morgan fingerprint density at radius 2 is 0.793 bits per heavy atom. The molecule has 0 aliphatic carbocycles. The van der Waals surface area contributed by atoms with Crippen LogP contribution in [0.4, 0.5) is 0 Å². The van der Waals surface area contributed by atoms with Gasteiger partial charge in [0.25, 0.3) is 0 Å². The van der Waals surface area contributed by atoms with E-state index in [9.17, 15) is 0 Å². The van der Waals surface area contributed by atoms with Gasteiger partial charge in [-0.2, -0.15) is 0 Å². The third-order valence-electron chi connectivity index (χ3n) is 5.80. The number of aromatic amines is 2. The summed E-state index contributed by atoms with van der Waals surface area (Å²) in [6, 6.07) is 8.52. The summed E-state index contributed by atoms with van der Waals surface area (Å²) in [6.07, 6.45) is 8.33. The minimum Gasteiger partial charge on any atom is -0.355 e. The van der Waals surface area contributed by atoms with Crippen LogP contribution in [0, 0.1) is 27.7 Å². The molecular weight excluding hydrogens is 371 g/mol. The van der Waals surface area contributed by atoms with Crippen LogP contribution in [0.25, 0.3) is 46.4 Å². The quantitative estimate of drug-likeness (QED) is 0.341. The van der Waals surface area contributed by atoms with Crippen LogP contribution in [0.15, 0.2) is 24.3 Å². The van der Waals surface area contributed by atoms with E-state index in [1.807, 2.05) is 0 Å². The zero-order chi connectivity index (χ0) is 19.4. The standard InChI is InChI=1S/C24H22N4.Al/c1-13-17-5-7-19(25-17)14(2)21-9-11-23(27-21)16(4)24-12-10-22(28-24)15(3)20-8-6-18(13)26-20;/h5-12,25-26H,1-4H3;. The van der Waals surface area contributed by atoms with E-state index in [-0.39, 0.29) is 17.4 Å². The maximum Gasteiger partial charge on any atom is 0.0688 e. The molecule has 0 unspecified atom stereocenters. The van der Waals surface area contributed by atoms with Gasteiger partial charge in [-0.25, -0.2) is 9.97 Å². The Labute approximate surface area is 180 Å². The first-order valence-electron chi connectivity index (χ1n) is 9.54. The molecule has 0 saturated carbocycles. The van der Waals surface area contributed by atoms with Crippen molar-refractivity contribution in [1.29, 1.82) is 0 Å². The normalized spacial score (nSPS) is 12.3. The summed E-state index contributed by atoms with van der Waals surface area (Å²) < 4.78 is 0. The fourth-order valence-electron chi connectivity index (χ4n) is 3.78. The molecule has 3 radical (unpaired) electrons. The van der Waals surface area contributed by atoms with Crippen LogP contribution in [0.3, 0.4) is 0 Å². The molecule has 2 aliphatic heterocycles. The van der Waals surface area contributed by atoms with Gasteiger partial charge in [-0.3, -0.25) is 0 Å². The van der Waals surface area contributed by atoms with Crippen molar-refractivity contribution in [3.05, 3.63) is 69.3 Å². The maximum atomic E-state index is 4.86. The minimum absolute atomic E-state index is 0. The second kappa shape index (κ2) is 7.19. The molecule has 141 valence electrons. The summed E-state index contributed by atoms with van der Waals surface area (Å²) in [5.74, 6) is 0. The van der Waals surface area contributed by atoms with Gasteiger partial charge in [-0.05, 0) is 93.0 Å². The highest BCUT2D eigenvalue weighted by Gasteiger charge is 2.11. The molecule has 0 amide bonds. The molecule has 0 aromatic carbocycles. The van der Waals surface area contributed by atoms with E-state index >= 15 is 0 Å². The Morgan fingerprint density at radius 3 is 1.17 bits per heavy atom. The Kier molecular flexibility index (Phi) is 4.82. The second-order valence-electron chi connectivity index (χ2n) is 7.50. The van der Waals surface area contributed by atoms with Gasteiger partial charge in [0.15, 0.2) is 0 Å². The largest absolute Gasteiger partial charge is 0.355 e. The predicted octanol–water partition coefficient (Wildman–Crippen LogP) is 5.51. The van der Waals surface area contributed by atoms with Crippen LogP contribution in [0.2, 0.25) is 0 Å². The Bertz CT molecular complexity index is 1250.